The Labute approximate surface area is 192 Å². The summed E-state index contributed by atoms with van der Waals surface area (Å²) < 4.78 is 7.82. The van der Waals surface area contributed by atoms with E-state index in [2.05, 4.69) is 39.9 Å². The summed E-state index contributed by atoms with van der Waals surface area (Å²) in [6.45, 7) is 8.49. The Morgan fingerprint density at radius 3 is 2.69 bits per heavy atom. The first-order chi connectivity index (χ1) is 15.7. The van der Waals surface area contributed by atoms with Crippen molar-refractivity contribution in [1.82, 2.24) is 19.8 Å². The molecule has 176 valence electrons. The number of para-hydroxylation sites is 2. The van der Waals surface area contributed by atoms with Crippen LogP contribution < -0.4 is 5.32 Å². The molecule has 1 saturated carbocycles. The van der Waals surface area contributed by atoms with Gasteiger partial charge in [-0.1, -0.05) is 38.3 Å². The second kappa shape index (κ2) is 11.8. The van der Waals surface area contributed by atoms with Crippen molar-refractivity contribution in [2.24, 2.45) is 11.8 Å². The van der Waals surface area contributed by atoms with Gasteiger partial charge < -0.3 is 14.6 Å². The van der Waals surface area contributed by atoms with E-state index in [1.54, 1.807) is 0 Å². The first kappa shape index (κ1) is 23.2. The van der Waals surface area contributed by atoms with Gasteiger partial charge in [0.05, 0.1) is 24.2 Å². The molecule has 0 radical (unpaired) electrons. The second-order valence-electron chi connectivity index (χ2n) is 9.52. The molecule has 32 heavy (non-hydrogen) atoms. The van der Waals surface area contributed by atoms with Gasteiger partial charge in [0.2, 0.25) is 5.91 Å². The zero-order chi connectivity index (χ0) is 22.2. The van der Waals surface area contributed by atoms with Crippen molar-refractivity contribution in [3.05, 3.63) is 30.1 Å². The summed E-state index contributed by atoms with van der Waals surface area (Å²) in [5.41, 5.74) is 2.23. The van der Waals surface area contributed by atoms with E-state index in [9.17, 15) is 4.79 Å². The summed E-state index contributed by atoms with van der Waals surface area (Å²) in [5.74, 6) is 2.36. The number of hydrogen-bond donors (Lipinski definition) is 1. The summed E-state index contributed by atoms with van der Waals surface area (Å²) in [5, 5.41) is 3.22. The first-order valence-corrected chi connectivity index (χ1v) is 12.8. The van der Waals surface area contributed by atoms with Crippen LogP contribution >= 0.6 is 0 Å². The van der Waals surface area contributed by atoms with E-state index in [-0.39, 0.29) is 11.8 Å². The summed E-state index contributed by atoms with van der Waals surface area (Å²) >= 11 is 0. The zero-order valence-corrected chi connectivity index (χ0v) is 19.7. The third kappa shape index (κ3) is 6.10. The number of morpholine rings is 1. The van der Waals surface area contributed by atoms with Crippen LogP contribution in [0.25, 0.3) is 11.0 Å². The number of carbonyl (C=O) groups excluding carboxylic acids is 1. The van der Waals surface area contributed by atoms with Gasteiger partial charge in [0.25, 0.3) is 0 Å². The first-order valence-electron chi connectivity index (χ1n) is 12.8. The summed E-state index contributed by atoms with van der Waals surface area (Å²) in [7, 11) is 0. The Morgan fingerprint density at radius 2 is 1.91 bits per heavy atom. The largest absolute Gasteiger partial charge is 0.379 e. The number of rotatable bonds is 10. The molecule has 0 atom stereocenters. The molecule has 0 bridgehead atoms. The molecule has 1 aliphatic carbocycles. The van der Waals surface area contributed by atoms with Gasteiger partial charge in [-0.15, -0.1) is 0 Å². The molecule has 1 amide bonds. The molecule has 6 heteroatoms. The molecule has 6 nitrogen and oxygen atoms in total. The van der Waals surface area contributed by atoms with Gasteiger partial charge in [-0.25, -0.2) is 4.98 Å². The highest BCUT2D eigenvalue weighted by atomic mass is 16.5. The number of hydrogen-bond acceptors (Lipinski definition) is 4. The van der Waals surface area contributed by atoms with Crippen LogP contribution in [0.15, 0.2) is 24.3 Å². The predicted octanol–water partition coefficient (Wildman–Crippen LogP) is 4.02. The Hall–Kier alpha value is -1.92. The lowest BCUT2D eigenvalue weighted by Gasteiger charge is -2.28. The van der Waals surface area contributed by atoms with Gasteiger partial charge >= 0.3 is 0 Å². The number of benzene rings is 1. The molecule has 4 rings (SSSR count). The fraction of sp³-hybridized carbons (Fsp3) is 0.692. The number of unbranched alkanes of at least 4 members (excludes halogenated alkanes) is 1. The van der Waals surface area contributed by atoms with Crippen LogP contribution in [0.1, 0.15) is 57.7 Å². The monoisotopic (exact) mass is 440 g/mol. The van der Waals surface area contributed by atoms with E-state index in [4.69, 9.17) is 9.72 Å². The Kier molecular flexibility index (Phi) is 8.57. The van der Waals surface area contributed by atoms with E-state index in [0.717, 1.165) is 75.9 Å². The van der Waals surface area contributed by atoms with Crippen LogP contribution in [0.2, 0.25) is 0 Å². The van der Waals surface area contributed by atoms with Gasteiger partial charge in [0.15, 0.2) is 0 Å². The highest BCUT2D eigenvalue weighted by Crippen LogP contribution is 2.32. The number of amides is 1. The fourth-order valence-corrected chi connectivity index (χ4v) is 5.28. The molecule has 1 aliphatic heterocycles. The van der Waals surface area contributed by atoms with Crippen LogP contribution in [0.5, 0.6) is 0 Å². The molecular weight excluding hydrogens is 400 g/mol. The topological polar surface area (TPSA) is 59.4 Å². The quantitative estimate of drug-likeness (QED) is 0.606. The summed E-state index contributed by atoms with van der Waals surface area (Å²) in [6, 6.07) is 8.36. The minimum atomic E-state index is 0.202. The molecule has 0 unspecified atom stereocenters. The van der Waals surface area contributed by atoms with Crippen molar-refractivity contribution in [3.63, 3.8) is 0 Å². The number of nitrogens with one attached hydrogen (secondary N) is 1. The maximum atomic E-state index is 12.7. The summed E-state index contributed by atoms with van der Waals surface area (Å²) in [6.07, 6.45) is 9.26. The van der Waals surface area contributed by atoms with Crippen LogP contribution in [-0.2, 0) is 22.5 Å². The molecule has 2 fully saturated rings. The molecular formula is C26H40N4O2. The molecule has 1 saturated heterocycles. The number of ether oxygens (including phenoxy) is 1. The average Bonchev–Trinajstić information content (AvgIpc) is 3.19. The molecule has 2 heterocycles. The van der Waals surface area contributed by atoms with Crippen molar-refractivity contribution in [3.8, 4) is 0 Å². The lowest BCUT2D eigenvalue weighted by Crippen LogP contribution is -2.38. The van der Waals surface area contributed by atoms with Gasteiger partial charge in [0.1, 0.15) is 5.82 Å². The summed E-state index contributed by atoms with van der Waals surface area (Å²) in [4.78, 5) is 20.1. The average molecular weight is 441 g/mol. The van der Waals surface area contributed by atoms with Crippen LogP contribution in [0.4, 0.5) is 0 Å². The molecule has 2 aromatic rings. The molecule has 1 N–H and O–H groups in total. The van der Waals surface area contributed by atoms with Gasteiger partial charge in [-0.2, -0.15) is 0 Å². The van der Waals surface area contributed by atoms with E-state index >= 15 is 0 Å². The highest BCUT2D eigenvalue weighted by Gasteiger charge is 2.25. The maximum Gasteiger partial charge on any atom is 0.223 e. The van der Waals surface area contributed by atoms with E-state index in [1.165, 1.54) is 37.6 Å². The number of carbonyl (C=O) groups is 1. The fourth-order valence-electron chi connectivity index (χ4n) is 5.28. The van der Waals surface area contributed by atoms with Gasteiger partial charge in [0, 0.05) is 45.1 Å². The van der Waals surface area contributed by atoms with Crippen molar-refractivity contribution in [1.29, 1.82) is 0 Å². The normalized spacial score (nSPS) is 22.3. The second-order valence-corrected chi connectivity index (χ2v) is 9.52. The van der Waals surface area contributed by atoms with E-state index in [1.807, 2.05) is 6.07 Å². The van der Waals surface area contributed by atoms with E-state index in [0.29, 0.717) is 6.54 Å². The van der Waals surface area contributed by atoms with Crippen molar-refractivity contribution >= 4 is 16.9 Å². The highest BCUT2D eigenvalue weighted by molar-refractivity contribution is 5.79. The lowest BCUT2D eigenvalue weighted by molar-refractivity contribution is -0.126. The van der Waals surface area contributed by atoms with Gasteiger partial charge in [-0.05, 0) is 43.7 Å². The zero-order valence-electron chi connectivity index (χ0n) is 19.7. The molecule has 1 aromatic heterocycles. The maximum absolute atomic E-state index is 12.7. The number of fused-ring (bicyclic) bond motifs is 1. The lowest BCUT2D eigenvalue weighted by atomic mass is 9.79. The van der Waals surface area contributed by atoms with Crippen molar-refractivity contribution in [2.45, 2.75) is 64.8 Å². The number of aromatic nitrogens is 2. The van der Waals surface area contributed by atoms with Crippen LogP contribution in [0.3, 0.4) is 0 Å². The smallest absolute Gasteiger partial charge is 0.223 e. The SMILES string of the molecule is CCCCC1CCC(C(=O)NCCc2nc3ccccc3n2CCN2CCOCC2)CC1. The van der Waals surface area contributed by atoms with Crippen molar-refractivity contribution < 1.29 is 9.53 Å². The Morgan fingerprint density at radius 1 is 1.12 bits per heavy atom. The minimum absolute atomic E-state index is 0.202. The number of imidazole rings is 1. The molecule has 1 aromatic carbocycles. The third-order valence-corrected chi connectivity index (χ3v) is 7.31. The van der Waals surface area contributed by atoms with Crippen LogP contribution in [0, 0.1) is 11.8 Å². The van der Waals surface area contributed by atoms with E-state index < -0.39 is 0 Å². The van der Waals surface area contributed by atoms with Crippen molar-refractivity contribution in [2.75, 3.05) is 39.4 Å². The molecule has 2 aliphatic rings. The standard InChI is InChI=1S/C26H40N4O2/c1-2-3-6-21-9-11-22(12-10-21)26(31)27-14-13-25-28-23-7-4-5-8-24(23)30(25)16-15-29-17-19-32-20-18-29/h4-5,7-8,21-22H,2-3,6,9-20H2,1H3,(H,27,31). The predicted molar refractivity (Wildman–Crippen MR) is 129 cm³/mol. The number of nitrogens with zero attached hydrogens (tertiary/aromatic N) is 3. The Bertz CT molecular complexity index is 851. The Balaban J connectivity index is 1.29. The third-order valence-electron chi connectivity index (χ3n) is 7.31. The minimum Gasteiger partial charge on any atom is -0.379 e. The van der Waals surface area contributed by atoms with Crippen LogP contribution in [-0.4, -0.2) is 59.8 Å². The molecule has 0 spiro atoms. The van der Waals surface area contributed by atoms with Gasteiger partial charge in [-0.3, -0.25) is 9.69 Å².